The minimum atomic E-state index is 0.153. The summed E-state index contributed by atoms with van der Waals surface area (Å²) < 4.78 is 20.5. The lowest BCUT2D eigenvalue weighted by molar-refractivity contribution is 1.20. The first-order valence-electron chi connectivity index (χ1n) is 17.0. The predicted octanol–water partition coefficient (Wildman–Crippen LogP) is 12.6. The van der Waals surface area contributed by atoms with Crippen LogP contribution < -0.4 is 4.90 Å². The van der Waals surface area contributed by atoms with Crippen LogP contribution in [0, 0.1) is 0 Å². The Balaban J connectivity index is 1.12. The molecule has 48 heavy (non-hydrogen) atoms. The van der Waals surface area contributed by atoms with Crippen molar-refractivity contribution in [2.24, 2.45) is 0 Å². The second kappa shape index (κ2) is 10.7. The number of pyridine rings is 2. The van der Waals surface area contributed by atoms with Gasteiger partial charge in [-0.2, -0.15) is 0 Å². The van der Waals surface area contributed by atoms with E-state index in [0.717, 1.165) is 32.6 Å². The van der Waals surface area contributed by atoms with Gasteiger partial charge in [-0.15, -0.1) is 11.3 Å². The van der Waals surface area contributed by atoms with Gasteiger partial charge in [-0.25, -0.2) is 4.98 Å². The molecular formula is C44H27N3S. The fourth-order valence-corrected chi connectivity index (χ4v) is 8.10. The minimum Gasteiger partial charge on any atom is -0.295 e. The Hall–Kier alpha value is -6.10. The molecule has 0 saturated carbocycles. The highest BCUT2D eigenvalue weighted by atomic mass is 32.1. The first-order valence-corrected chi connectivity index (χ1v) is 16.8. The number of rotatable bonds is 4. The summed E-state index contributed by atoms with van der Waals surface area (Å²) in [5, 5.41) is 11.0. The number of thiophene rings is 1. The van der Waals surface area contributed by atoms with Gasteiger partial charge in [-0.3, -0.25) is 9.88 Å². The molecule has 3 nitrogen and oxygen atoms in total. The highest BCUT2D eigenvalue weighted by molar-refractivity contribution is 7.25. The summed E-state index contributed by atoms with van der Waals surface area (Å²) in [7, 11) is 0. The standard InChI is InChI=1S/C44H27N3S/c1-2-7-34-27-46-44(24-30(34)6-1)47(37-16-18-40-41-22-32-19-20-45-26-35(32)23-42(41)48-43(40)25-37)36-14-11-28(12-15-36)31-13-17-39-33(21-31)10-9-29-5-3-4-8-38(29)39/h1-27H/i24D,27D. The van der Waals surface area contributed by atoms with Crippen molar-refractivity contribution >= 4 is 91.8 Å². The topological polar surface area (TPSA) is 29.0 Å². The molecule has 0 amide bonds. The highest BCUT2D eigenvalue weighted by Gasteiger charge is 2.17. The SMILES string of the molecule is [2H]c1nc(N(c2ccc(-c3ccc4c(ccc5ccccc54)c3)cc2)c2ccc3c(c2)sc2cc4cnccc4cc23)c([2H])c2ccccc12. The third kappa shape index (κ3) is 4.42. The molecule has 0 radical (unpaired) electrons. The van der Waals surface area contributed by atoms with Crippen LogP contribution >= 0.6 is 11.3 Å². The zero-order valence-corrected chi connectivity index (χ0v) is 26.5. The van der Waals surface area contributed by atoms with Gasteiger partial charge in [-0.1, -0.05) is 91.0 Å². The quantitative estimate of drug-likeness (QED) is 0.181. The summed E-state index contributed by atoms with van der Waals surface area (Å²) in [6, 6.07) is 48.8. The Labute approximate surface area is 283 Å². The first kappa shape index (κ1) is 25.0. The van der Waals surface area contributed by atoms with Gasteiger partial charge in [0.1, 0.15) is 5.82 Å². The molecule has 224 valence electrons. The lowest BCUT2D eigenvalue weighted by atomic mass is 9.97. The normalized spacial score (nSPS) is 12.3. The van der Waals surface area contributed by atoms with Crippen molar-refractivity contribution in [1.82, 2.24) is 9.97 Å². The zero-order valence-electron chi connectivity index (χ0n) is 27.7. The molecule has 0 saturated heterocycles. The van der Waals surface area contributed by atoms with Crippen LogP contribution in [0.25, 0.3) is 74.4 Å². The molecule has 0 aliphatic carbocycles. The van der Waals surface area contributed by atoms with Gasteiger partial charge < -0.3 is 0 Å². The van der Waals surface area contributed by atoms with E-state index in [1.54, 1.807) is 11.3 Å². The van der Waals surface area contributed by atoms with Crippen molar-refractivity contribution in [1.29, 1.82) is 0 Å². The Kier molecular flexibility index (Phi) is 5.60. The second-order valence-electron chi connectivity index (χ2n) is 12.2. The third-order valence-corrected chi connectivity index (χ3v) is 10.5. The lowest BCUT2D eigenvalue weighted by Gasteiger charge is -2.25. The molecule has 7 aromatic carbocycles. The molecule has 4 heteroatoms. The van der Waals surface area contributed by atoms with Crippen LogP contribution in [0.3, 0.4) is 0 Å². The van der Waals surface area contributed by atoms with Gasteiger partial charge in [0.05, 0.1) is 2.74 Å². The van der Waals surface area contributed by atoms with E-state index in [-0.39, 0.29) is 12.2 Å². The average Bonchev–Trinajstić information content (AvgIpc) is 3.52. The van der Waals surface area contributed by atoms with Crippen LogP contribution in [-0.2, 0) is 0 Å². The van der Waals surface area contributed by atoms with Crippen molar-refractivity contribution in [2.45, 2.75) is 0 Å². The number of fused-ring (bicyclic) bond motifs is 8. The maximum absolute atomic E-state index is 9.32. The zero-order chi connectivity index (χ0) is 33.3. The number of aromatic nitrogens is 2. The molecule has 10 aromatic rings. The molecule has 0 unspecified atom stereocenters. The van der Waals surface area contributed by atoms with E-state index >= 15 is 0 Å². The van der Waals surface area contributed by atoms with Crippen LogP contribution in [0.2, 0.25) is 0 Å². The number of anilines is 3. The van der Waals surface area contributed by atoms with Crippen LogP contribution in [0.15, 0.2) is 164 Å². The summed E-state index contributed by atoms with van der Waals surface area (Å²) >= 11 is 1.75. The van der Waals surface area contributed by atoms with E-state index < -0.39 is 0 Å². The van der Waals surface area contributed by atoms with Crippen LogP contribution in [0.4, 0.5) is 17.2 Å². The van der Waals surface area contributed by atoms with Gasteiger partial charge >= 0.3 is 0 Å². The third-order valence-electron chi connectivity index (χ3n) is 9.34. The van der Waals surface area contributed by atoms with Gasteiger partial charge in [0, 0.05) is 60.9 Å². The summed E-state index contributed by atoms with van der Waals surface area (Å²) in [6.07, 6.45) is 3.90. The molecular weight excluding hydrogens is 603 g/mol. The van der Waals surface area contributed by atoms with Gasteiger partial charge in [0.2, 0.25) is 0 Å². The highest BCUT2D eigenvalue weighted by Crippen LogP contribution is 2.42. The van der Waals surface area contributed by atoms with Crippen molar-refractivity contribution in [3.8, 4) is 11.1 Å². The van der Waals surface area contributed by atoms with Crippen molar-refractivity contribution < 1.29 is 2.74 Å². The van der Waals surface area contributed by atoms with Crippen LogP contribution in [-0.4, -0.2) is 9.97 Å². The van der Waals surface area contributed by atoms with E-state index in [4.69, 9.17) is 6.35 Å². The average molecular weight is 632 g/mol. The van der Waals surface area contributed by atoms with E-state index in [1.165, 1.54) is 42.4 Å². The molecule has 3 heterocycles. The predicted molar refractivity (Wildman–Crippen MR) is 205 cm³/mol. The largest absolute Gasteiger partial charge is 0.295 e. The molecule has 0 N–H and O–H groups in total. The Morgan fingerprint density at radius 3 is 2.15 bits per heavy atom. The molecule has 0 bridgehead atoms. The number of hydrogen-bond donors (Lipinski definition) is 0. The molecule has 0 fully saturated rings. The van der Waals surface area contributed by atoms with Gasteiger partial charge in [0.25, 0.3) is 0 Å². The van der Waals surface area contributed by atoms with Crippen molar-refractivity contribution in [2.75, 3.05) is 4.90 Å². The first-order chi connectivity index (χ1) is 24.6. The summed E-state index contributed by atoms with van der Waals surface area (Å²) in [5.74, 6) is 0.427. The summed E-state index contributed by atoms with van der Waals surface area (Å²) in [6.45, 7) is 0. The van der Waals surface area contributed by atoms with Crippen LogP contribution in [0.1, 0.15) is 2.74 Å². The Morgan fingerprint density at radius 1 is 0.500 bits per heavy atom. The Bertz CT molecular complexity index is 2970. The lowest BCUT2D eigenvalue weighted by Crippen LogP contribution is -2.11. The fourth-order valence-electron chi connectivity index (χ4n) is 6.93. The smallest absolute Gasteiger partial charge is 0.138 e. The molecule has 0 aliphatic rings. The maximum Gasteiger partial charge on any atom is 0.138 e. The maximum atomic E-state index is 9.32. The molecule has 0 atom stereocenters. The summed E-state index contributed by atoms with van der Waals surface area (Å²) in [4.78, 5) is 11.1. The second-order valence-corrected chi connectivity index (χ2v) is 13.3. The van der Waals surface area contributed by atoms with Gasteiger partial charge in [0.15, 0.2) is 0 Å². The van der Waals surface area contributed by atoms with E-state index in [9.17, 15) is 1.37 Å². The van der Waals surface area contributed by atoms with Crippen molar-refractivity contribution in [3.63, 3.8) is 0 Å². The number of benzene rings is 7. The van der Waals surface area contributed by atoms with Gasteiger partial charge in [-0.05, 0) is 98.0 Å². The monoisotopic (exact) mass is 631 g/mol. The summed E-state index contributed by atoms with van der Waals surface area (Å²) in [5.41, 5.74) is 3.99. The van der Waals surface area contributed by atoms with Crippen molar-refractivity contribution in [3.05, 3.63) is 164 Å². The van der Waals surface area contributed by atoms with Crippen LogP contribution in [0.5, 0.6) is 0 Å². The molecule has 10 rings (SSSR count). The fraction of sp³-hybridized carbons (Fsp3) is 0. The van der Waals surface area contributed by atoms with E-state index in [1.807, 2.05) is 41.6 Å². The molecule has 0 aliphatic heterocycles. The molecule has 0 spiro atoms. The number of nitrogens with zero attached hydrogens (tertiary/aromatic N) is 3. The van der Waals surface area contributed by atoms with E-state index in [2.05, 4.69) is 120 Å². The van der Waals surface area contributed by atoms with E-state index in [0.29, 0.717) is 16.6 Å². The number of hydrogen-bond acceptors (Lipinski definition) is 4. The molecule has 3 aromatic heterocycles. The minimum absolute atomic E-state index is 0.153. The Morgan fingerprint density at radius 2 is 1.23 bits per heavy atom.